The van der Waals surface area contributed by atoms with E-state index in [1.165, 1.54) is 0 Å². The second kappa shape index (κ2) is 7.59. The molecule has 1 amide bonds. The molecule has 1 unspecified atom stereocenters. The molecular weight excluding hydrogens is 330 g/mol. The lowest BCUT2D eigenvalue weighted by Gasteiger charge is -2.19. The summed E-state index contributed by atoms with van der Waals surface area (Å²) >= 11 is 0. The van der Waals surface area contributed by atoms with Crippen LogP contribution in [0.2, 0.25) is 0 Å². The highest BCUT2D eigenvalue weighted by Crippen LogP contribution is 2.21. The maximum absolute atomic E-state index is 12.8. The molecule has 26 heavy (non-hydrogen) atoms. The Morgan fingerprint density at radius 3 is 2.73 bits per heavy atom. The van der Waals surface area contributed by atoms with Gasteiger partial charge in [0.15, 0.2) is 5.82 Å². The van der Waals surface area contributed by atoms with Gasteiger partial charge in [0, 0.05) is 52.4 Å². The summed E-state index contributed by atoms with van der Waals surface area (Å²) < 4.78 is 5.94. The molecule has 7 nitrogen and oxygen atoms in total. The zero-order valence-corrected chi connectivity index (χ0v) is 15.7. The first kappa shape index (κ1) is 18.0. The topological polar surface area (TPSA) is 61.8 Å². The van der Waals surface area contributed by atoms with Gasteiger partial charge in [-0.3, -0.25) is 9.78 Å². The summed E-state index contributed by atoms with van der Waals surface area (Å²) in [6.45, 7) is 1.23. The van der Waals surface area contributed by atoms with Gasteiger partial charge in [-0.05, 0) is 18.2 Å². The molecule has 138 valence electrons. The molecule has 0 bridgehead atoms. The minimum Gasteiger partial charge on any atom is -0.471 e. The fraction of sp³-hybridized carbons (Fsp3) is 0.421. The summed E-state index contributed by atoms with van der Waals surface area (Å²) in [4.78, 5) is 27.1. The predicted octanol–water partition coefficient (Wildman–Crippen LogP) is 1.90. The minimum atomic E-state index is -0.0670. The fourth-order valence-electron chi connectivity index (χ4n) is 2.89. The second-order valence-corrected chi connectivity index (χ2v) is 6.83. The highest BCUT2D eigenvalue weighted by Gasteiger charge is 2.28. The average molecular weight is 355 g/mol. The molecule has 1 atom stereocenters. The second-order valence-electron chi connectivity index (χ2n) is 6.83. The Morgan fingerprint density at radius 2 is 2.00 bits per heavy atom. The van der Waals surface area contributed by atoms with Crippen LogP contribution in [0.5, 0.6) is 5.88 Å². The van der Waals surface area contributed by atoms with E-state index < -0.39 is 0 Å². The summed E-state index contributed by atoms with van der Waals surface area (Å²) in [5.41, 5.74) is 1.71. The largest absolute Gasteiger partial charge is 0.471 e. The lowest BCUT2D eigenvalue weighted by atomic mass is 10.1. The van der Waals surface area contributed by atoms with Crippen molar-refractivity contribution in [1.82, 2.24) is 14.9 Å². The van der Waals surface area contributed by atoms with E-state index in [0.717, 1.165) is 17.9 Å². The van der Waals surface area contributed by atoms with Crippen molar-refractivity contribution in [2.45, 2.75) is 12.5 Å². The maximum Gasteiger partial charge on any atom is 0.254 e. The third kappa shape index (κ3) is 4.04. The zero-order chi connectivity index (χ0) is 18.7. The summed E-state index contributed by atoms with van der Waals surface area (Å²) in [6.07, 6.45) is 4.02. The molecule has 1 aliphatic rings. The lowest BCUT2D eigenvalue weighted by molar-refractivity contribution is 0.0771. The van der Waals surface area contributed by atoms with Gasteiger partial charge in [-0.15, -0.1) is 0 Å². The van der Waals surface area contributed by atoms with Gasteiger partial charge < -0.3 is 19.4 Å². The van der Waals surface area contributed by atoms with Gasteiger partial charge in [0.2, 0.25) is 5.88 Å². The number of nitrogens with zero attached hydrogens (tertiary/aromatic N) is 5. The van der Waals surface area contributed by atoms with Crippen LogP contribution in [-0.4, -0.2) is 68.2 Å². The van der Waals surface area contributed by atoms with Crippen molar-refractivity contribution in [1.29, 1.82) is 0 Å². The van der Waals surface area contributed by atoms with Gasteiger partial charge in [0.25, 0.3) is 5.91 Å². The molecule has 1 saturated heterocycles. The number of ether oxygens (including phenoxy) is 1. The zero-order valence-electron chi connectivity index (χ0n) is 15.7. The molecule has 0 radical (unpaired) electrons. The number of rotatable bonds is 5. The van der Waals surface area contributed by atoms with Crippen molar-refractivity contribution in [3.05, 3.63) is 42.2 Å². The van der Waals surface area contributed by atoms with Gasteiger partial charge in [0.1, 0.15) is 6.10 Å². The first-order chi connectivity index (χ1) is 12.4. The van der Waals surface area contributed by atoms with E-state index >= 15 is 0 Å². The molecule has 0 spiro atoms. The van der Waals surface area contributed by atoms with Crippen LogP contribution in [-0.2, 0) is 0 Å². The number of hydrogen-bond donors (Lipinski definition) is 0. The predicted molar refractivity (Wildman–Crippen MR) is 102 cm³/mol. The van der Waals surface area contributed by atoms with Crippen molar-refractivity contribution in [2.75, 3.05) is 51.1 Å². The Bertz CT molecular complexity index is 778. The molecule has 0 N–H and O–H groups in total. The first-order valence-corrected chi connectivity index (χ1v) is 8.66. The summed E-state index contributed by atoms with van der Waals surface area (Å²) in [6, 6.07) is 7.68. The molecule has 1 aliphatic heterocycles. The smallest absolute Gasteiger partial charge is 0.254 e. The quantitative estimate of drug-likeness (QED) is 0.816. The number of aromatic nitrogens is 2. The molecule has 3 rings (SSSR count). The Hall–Kier alpha value is -2.83. The van der Waals surface area contributed by atoms with Crippen LogP contribution >= 0.6 is 0 Å². The molecule has 1 fully saturated rings. The molecule has 0 aliphatic carbocycles. The van der Waals surface area contributed by atoms with E-state index in [1.807, 2.05) is 67.2 Å². The van der Waals surface area contributed by atoms with Crippen molar-refractivity contribution in [3.63, 3.8) is 0 Å². The van der Waals surface area contributed by atoms with Gasteiger partial charge in [0.05, 0.1) is 18.9 Å². The third-order valence-electron chi connectivity index (χ3n) is 4.39. The molecule has 7 heteroatoms. The van der Waals surface area contributed by atoms with Gasteiger partial charge in [-0.2, -0.15) is 4.98 Å². The average Bonchev–Trinajstić information content (AvgIpc) is 3.09. The number of benzene rings is 1. The Morgan fingerprint density at radius 1 is 1.19 bits per heavy atom. The van der Waals surface area contributed by atoms with E-state index in [9.17, 15) is 4.79 Å². The maximum atomic E-state index is 12.8. The molecule has 1 aromatic heterocycles. The van der Waals surface area contributed by atoms with Crippen LogP contribution in [0, 0.1) is 0 Å². The Kier molecular flexibility index (Phi) is 5.25. The highest BCUT2D eigenvalue weighted by atomic mass is 16.5. The van der Waals surface area contributed by atoms with Gasteiger partial charge in [-0.25, -0.2) is 0 Å². The number of likely N-dealkylation sites (tertiary alicyclic amines) is 1. The minimum absolute atomic E-state index is 0.0351. The number of carbonyl (C=O) groups is 1. The summed E-state index contributed by atoms with van der Waals surface area (Å²) in [5.74, 6) is 1.27. The van der Waals surface area contributed by atoms with Crippen molar-refractivity contribution in [2.24, 2.45) is 0 Å². The van der Waals surface area contributed by atoms with Crippen LogP contribution in [0.25, 0.3) is 0 Å². The summed E-state index contributed by atoms with van der Waals surface area (Å²) in [7, 11) is 7.75. The van der Waals surface area contributed by atoms with Crippen LogP contribution in [0.1, 0.15) is 16.8 Å². The van der Waals surface area contributed by atoms with Gasteiger partial charge >= 0.3 is 0 Å². The lowest BCUT2D eigenvalue weighted by Crippen LogP contribution is -2.31. The standard InChI is InChI=1S/C19H25N5O2/c1-22(2)15-7-5-6-14(10-15)19(25)24-9-8-16(13-24)26-18-12-20-11-17(21-18)23(3)4/h5-7,10-12,16H,8-9,13H2,1-4H3. The number of hydrogen-bond acceptors (Lipinski definition) is 6. The fourth-order valence-corrected chi connectivity index (χ4v) is 2.89. The molecule has 0 saturated carbocycles. The van der Waals surface area contributed by atoms with E-state index in [2.05, 4.69) is 9.97 Å². The van der Waals surface area contributed by atoms with E-state index in [4.69, 9.17) is 4.74 Å². The Labute approximate surface area is 154 Å². The van der Waals surface area contributed by atoms with E-state index in [-0.39, 0.29) is 12.0 Å². The number of anilines is 2. The third-order valence-corrected chi connectivity index (χ3v) is 4.39. The van der Waals surface area contributed by atoms with Crippen molar-refractivity contribution < 1.29 is 9.53 Å². The Balaban J connectivity index is 1.64. The SMILES string of the molecule is CN(C)c1cccc(C(=O)N2CCC(Oc3cncc(N(C)C)n3)C2)c1. The number of carbonyl (C=O) groups excluding carboxylic acids is 1. The van der Waals surface area contributed by atoms with Gasteiger partial charge in [-0.1, -0.05) is 6.07 Å². The van der Waals surface area contributed by atoms with Crippen LogP contribution in [0.15, 0.2) is 36.7 Å². The molecular formula is C19H25N5O2. The van der Waals surface area contributed by atoms with Crippen molar-refractivity contribution in [3.8, 4) is 5.88 Å². The van der Waals surface area contributed by atoms with E-state index in [0.29, 0.717) is 24.5 Å². The first-order valence-electron chi connectivity index (χ1n) is 8.66. The monoisotopic (exact) mass is 355 g/mol. The molecule has 2 aromatic rings. The molecule has 1 aromatic carbocycles. The van der Waals surface area contributed by atoms with E-state index in [1.54, 1.807) is 12.4 Å². The van der Waals surface area contributed by atoms with Crippen LogP contribution < -0.4 is 14.5 Å². The van der Waals surface area contributed by atoms with Crippen molar-refractivity contribution >= 4 is 17.4 Å². The van der Waals surface area contributed by atoms with Crippen LogP contribution in [0.3, 0.4) is 0 Å². The number of amides is 1. The highest BCUT2D eigenvalue weighted by molar-refractivity contribution is 5.95. The van der Waals surface area contributed by atoms with Crippen LogP contribution in [0.4, 0.5) is 11.5 Å². The summed E-state index contributed by atoms with van der Waals surface area (Å²) in [5, 5.41) is 0. The normalized spacial score (nSPS) is 16.5. The molecule has 2 heterocycles.